The maximum Gasteiger partial charge on any atom is 0.223 e. The first kappa shape index (κ1) is 18.2. The van der Waals surface area contributed by atoms with Gasteiger partial charge in [-0.05, 0) is 31.5 Å². The molecule has 1 aromatic carbocycles. The number of nitrogens with zero attached hydrogens (tertiary/aromatic N) is 4. The molecule has 0 bridgehead atoms. The molecular formula is C22H26N6O. The van der Waals surface area contributed by atoms with Crippen LogP contribution in [0.25, 0.3) is 11.0 Å². The summed E-state index contributed by atoms with van der Waals surface area (Å²) in [5.74, 6) is 2.40. The number of aryl methyl sites for hydroxylation is 1. The third-order valence-electron chi connectivity index (χ3n) is 5.98. The fraction of sp³-hybridized carbons (Fsp3) is 0.455. The number of aromatic nitrogens is 4. The number of fused-ring (bicyclic) bond motifs is 2. The van der Waals surface area contributed by atoms with Crippen LogP contribution in [0.1, 0.15) is 48.1 Å². The van der Waals surface area contributed by atoms with E-state index in [1.807, 2.05) is 35.4 Å². The Morgan fingerprint density at radius 2 is 2.17 bits per heavy atom. The largest absolute Gasteiger partial charge is 0.342 e. The average molecular weight is 390 g/mol. The number of carbonyl (C=O) groups is 1. The lowest BCUT2D eigenvalue weighted by Crippen LogP contribution is -2.37. The van der Waals surface area contributed by atoms with E-state index >= 15 is 0 Å². The number of hydrogen-bond donors (Lipinski definition) is 2. The van der Waals surface area contributed by atoms with Crippen molar-refractivity contribution in [2.45, 2.75) is 44.6 Å². The topological polar surface area (TPSA) is 86.8 Å². The number of rotatable bonds is 4. The van der Waals surface area contributed by atoms with Crippen LogP contribution in [0.5, 0.6) is 0 Å². The van der Waals surface area contributed by atoms with E-state index in [2.05, 4.69) is 20.3 Å². The molecule has 1 atom stereocenters. The summed E-state index contributed by atoms with van der Waals surface area (Å²) in [7, 11) is 0. The second-order valence-corrected chi connectivity index (χ2v) is 8.01. The molecule has 1 fully saturated rings. The first-order valence-corrected chi connectivity index (χ1v) is 10.5. The number of H-pyrrole nitrogens is 1. The van der Waals surface area contributed by atoms with E-state index in [4.69, 9.17) is 4.98 Å². The second kappa shape index (κ2) is 7.91. The van der Waals surface area contributed by atoms with Crippen molar-refractivity contribution in [2.24, 2.45) is 0 Å². The highest BCUT2D eigenvalue weighted by Gasteiger charge is 2.24. The van der Waals surface area contributed by atoms with Gasteiger partial charge in [-0.25, -0.2) is 15.0 Å². The van der Waals surface area contributed by atoms with Crippen LogP contribution in [0, 0.1) is 0 Å². The van der Waals surface area contributed by atoms with Gasteiger partial charge >= 0.3 is 0 Å². The van der Waals surface area contributed by atoms with Crippen LogP contribution in [0.15, 0.2) is 30.5 Å². The predicted octanol–water partition coefficient (Wildman–Crippen LogP) is 2.34. The molecule has 2 aliphatic rings. The minimum Gasteiger partial charge on any atom is -0.342 e. The van der Waals surface area contributed by atoms with Gasteiger partial charge in [0, 0.05) is 56.6 Å². The Morgan fingerprint density at radius 3 is 3.03 bits per heavy atom. The van der Waals surface area contributed by atoms with E-state index < -0.39 is 0 Å². The number of imidazole rings is 1. The summed E-state index contributed by atoms with van der Waals surface area (Å²) < 4.78 is 0. The molecule has 0 aliphatic carbocycles. The van der Waals surface area contributed by atoms with Crippen LogP contribution in [0.2, 0.25) is 0 Å². The maximum absolute atomic E-state index is 12.7. The summed E-state index contributed by atoms with van der Waals surface area (Å²) in [5.41, 5.74) is 4.16. The lowest BCUT2D eigenvalue weighted by molar-refractivity contribution is -0.132. The number of carbonyl (C=O) groups excluding carboxylic acids is 1. The van der Waals surface area contributed by atoms with Crippen molar-refractivity contribution in [1.29, 1.82) is 0 Å². The molecule has 150 valence electrons. The number of nitrogens with one attached hydrogen (secondary N) is 2. The van der Waals surface area contributed by atoms with Crippen molar-refractivity contribution in [2.75, 3.05) is 19.6 Å². The van der Waals surface area contributed by atoms with Gasteiger partial charge in [-0.15, -0.1) is 0 Å². The third-order valence-corrected chi connectivity index (χ3v) is 5.98. The molecule has 0 unspecified atom stereocenters. The molecule has 1 amide bonds. The summed E-state index contributed by atoms with van der Waals surface area (Å²) in [6.07, 6.45) is 6.16. The van der Waals surface area contributed by atoms with Gasteiger partial charge in [-0.1, -0.05) is 12.1 Å². The van der Waals surface area contributed by atoms with Gasteiger partial charge in [-0.3, -0.25) is 4.79 Å². The monoisotopic (exact) mass is 390 g/mol. The standard InChI is InChI=1S/C22H26N6O/c29-21(8-7-20-25-18-5-1-2-6-19(18)26-20)28-11-9-17-16(14-28)13-24-22(27-17)15-4-3-10-23-12-15/h1-2,5-6,13,15,23H,3-4,7-12,14H2,(H,25,26)/t15-/m1/s1. The summed E-state index contributed by atoms with van der Waals surface area (Å²) in [4.78, 5) is 32.0. The molecule has 7 nitrogen and oxygen atoms in total. The molecular weight excluding hydrogens is 364 g/mol. The molecule has 4 heterocycles. The van der Waals surface area contributed by atoms with E-state index in [-0.39, 0.29) is 5.91 Å². The minimum absolute atomic E-state index is 0.164. The summed E-state index contributed by atoms with van der Waals surface area (Å²) in [6.45, 7) is 3.39. The van der Waals surface area contributed by atoms with Crippen LogP contribution in [-0.2, 0) is 24.2 Å². The van der Waals surface area contributed by atoms with E-state index in [9.17, 15) is 4.79 Å². The number of amides is 1. The van der Waals surface area contributed by atoms with Crippen molar-refractivity contribution in [1.82, 2.24) is 30.2 Å². The third kappa shape index (κ3) is 3.87. The molecule has 3 aromatic rings. The summed E-state index contributed by atoms with van der Waals surface area (Å²) >= 11 is 0. The van der Waals surface area contributed by atoms with Crippen LogP contribution in [0.3, 0.4) is 0 Å². The number of hydrogen-bond acceptors (Lipinski definition) is 5. The smallest absolute Gasteiger partial charge is 0.223 e. The summed E-state index contributed by atoms with van der Waals surface area (Å²) in [6, 6.07) is 7.95. The quantitative estimate of drug-likeness (QED) is 0.714. The van der Waals surface area contributed by atoms with Gasteiger partial charge in [0.1, 0.15) is 11.6 Å². The molecule has 7 heteroatoms. The van der Waals surface area contributed by atoms with Crippen molar-refractivity contribution < 1.29 is 4.79 Å². The zero-order valence-corrected chi connectivity index (χ0v) is 16.5. The van der Waals surface area contributed by atoms with Gasteiger partial charge in [-0.2, -0.15) is 0 Å². The van der Waals surface area contributed by atoms with Gasteiger partial charge < -0.3 is 15.2 Å². The first-order chi connectivity index (χ1) is 14.3. The number of para-hydroxylation sites is 2. The molecule has 5 rings (SSSR count). The Bertz CT molecular complexity index is 990. The lowest BCUT2D eigenvalue weighted by atomic mass is 9.98. The van der Waals surface area contributed by atoms with Crippen LogP contribution in [-0.4, -0.2) is 50.4 Å². The molecule has 29 heavy (non-hydrogen) atoms. The van der Waals surface area contributed by atoms with E-state index in [0.717, 1.165) is 66.4 Å². The van der Waals surface area contributed by atoms with Crippen LogP contribution >= 0.6 is 0 Å². The molecule has 0 spiro atoms. The minimum atomic E-state index is 0.164. The zero-order valence-electron chi connectivity index (χ0n) is 16.5. The number of benzene rings is 1. The van der Waals surface area contributed by atoms with Gasteiger partial charge in [0.2, 0.25) is 5.91 Å². The SMILES string of the molecule is O=C(CCc1nc2ccccc2[nH]1)N1CCc2nc([C@@H]3CCCNC3)ncc2C1. The summed E-state index contributed by atoms with van der Waals surface area (Å²) in [5, 5.41) is 3.43. The van der Waals surface area contributed by atoms with Gasteiger partial charge in [0.05, 0.1) is 16.7 Å². The zero-order chi connectivity index (χ0) is 19.6. The van der Waals surface area contributed by atoms with Gasteiger partial charge in [0.15, 0.2) is 0 Å². The van der Waals surface area contributed by atoms with Gasteiger partial charge in [0.25, 0.3) is 0 Å². The molecule has 0 saturated carbocycles. The van der Waals surface area contributed by atoms with Crippen molar-refractivity contribution in [3.05, 3.63) is 53.4 Å². The van der Waals surface area contributed by atoms with Crippen molar-refractivity contribution in [3.8, 4) is 0 Å². The maximum atomic E-state index is 12.7. The lowest BCUT2D eigenvalue weighted by Gasteiger charge is -2.29. The Balaban J connectivity index is 1.21. The highest BCUT2D eigenvalue weighted by molar-refractivity contribution is 5.77. The molecule has 2 aliphatic heterocycles. The number of piperidine rings is 1. The second-order valence-electron chi connectivity index (χ2n) is 8.01. The fourth-order valence-electron chi connectivity index (χ4n) is 4.32. The fourth-order valence-corrected chi connectivity index (χ4v) is 4.32. The molecule has 2 aromatic heterocycles. The van der Waals surface area contributed by atoms with E-state index in [0.29, 0.717) is 25.3 Å². The van der Waals surface area contributed by atoms with Crippen molar-refractivity contribution >= 4 is 16.9 Å². The molecule has 1 saturated heterocycles. The number of aromatic amines is 1. The van der Waals surface area contributed by atoms with Crippen LogP contribution in [0.4, 0.5) is 0 Å². The Labute approximate surface area is 170 Å². The first-order valence-electron chi connectivity index (χ1n) is 10.5. The van der Waals surface area contributed by atoms with E-state index in [1.54, 1.807) is 0 Å². The molecule has 2 N–H and O–H groups in total. The highest BCUT2D eigenvalue weighted by Crippen LogP contribution is 2.23. The Hall–Kier alpha value is -2.80. The van der Waals surface area contributed by atoms with E-state index in [1.165, 1.54) is 6.42 Å². The Kier molecular flexibility index (Phi) is 4.97. The van der Waals surface area contributed by atoms with Crippen LogP contribution < -0.4 is 5.32 Å². The normalized spacial score (nSPS) is 19.3. The highest BCUT2D eigenvalue weighted by atomic mass is 16.2. The Morgan fingerprint density at radius 1 is 1.24 bits per heavy atom. The molecule has 0 radical (unpaired) electrons. The van der Waals surface area contributed by atoms with Crippen molar-refractivity contribution in [3.63, 3.8) is 0 Å². The average Bonchev–Trinajstić information content (AvgIpc) is 3.20. The predicted molar refractivity (Wildman–Crippen MR) is 110 cm³/mol.